The summed E-state index contributed by atoms with van der Waals surface area (Å²) in [6.45, 7) is 4.09. The highest BCUT2D eigenvalue weighted by Gasteiger charge is 2.12. The Labute approximate surface area is 104 Å². The fraction of sp³-hybridized carbons (Fsp3) is 0.364. The van der Waals surface area contributed by atoms with Crippen molar-refractivity contribution in [1.82, 2.24) is 15.0 Å². The first-order chi connectivity index (χ1) is 8.22. The molecule has 0 spiro atoms. The second-order valence-electron chi connectivity index (χ2n) is 3.68. The van der Waals surface area contributed by atoms with Crippen LogP contribution in [0.25, 0.3) is 0 Å². The molecule has 2 aromatic heterocycles. The van der Waals surface area contributed by atoms with Gasteiger partial charge in [-0.05, 0) is 13.3 Å². The van der Waals surface area contributed by atoms with Crippen molar-refractivity contribution >= 4 is 23.0 Å². The van der Waals surface area contributed by atoms with Crippen molar-refractivity contribution in [3.05, 3.63) is 28.5 Å². The van der Waals surface area contributed by atoms with Gasteiger partial charge in [-0.3, -0.25) is 0 Å². The monoisotopic (exact) mass is 249 g/mol. The molecule has 2 rings (SSSR count). The zero-order chi connectivity index (χ0) is 12.3. The predicted molar refractivity (Wildman–Crippen MR) is 70.0 cm³/mol. The molecule has 0 radical (unpaired) electrons. The molecule has 3 N–H and O–H groups in total. The van der Waals surface area contributed by atoms with Gasteiger partial charge in [-0.2, -0.15) is 0 Å². The van der Waals surface area contributed by atoms with Crippen LogP contribution in [0.5, 0.6) is 0 Å². The molecule has 0 aromatic carbocycles. The Kier molecular flexibility index (Phi) is 3.53. The summed E-state index contributed by atoms with van der Waals surface area (Å²) < 4.78 is 0. The molecule has 17 heavy (non-hydrogen) atoms. The standard InChI is InChI=1S/C11H15N5S/c1-3-8-9(12)14-6-15-10(8)16-7(2)11-13-4-5-17-11/h4-7H,3H2,1-2H3,(H3,12,14,15,16). The normalized spacial score (nSPS) is 12.4. The van der Waals surface area contributed by atoms with Crippen LogP contribution in [0.1, 0.15) is 30.5 Å². The minimum atomic E-state index is 0.120. The van der Waals surface area contributed by atoms with E-state index < -0.39 is 0 Å². The van der Waals surface area contributed by atoms with Gasteiger partial charge in [-0.15, -0.1) is 11.3 Å². The minimum Gasteiger partial charge on any atom is -0.383 e. The molecular weight excluding hydrogens is 234 g/mol. The van der Waals surface area contributed by atoms with Gasteiger partial charge >= 0.3 is 0 Å². The Morgan fingerprint density at radius 1 is 1.41 bits per heavy atom. The van der Waals surface area contributed by atoms with Crippen molar-refractivity contribution in [2.75, 3.05) is 11.1 Å². The Balaban J connectivity index is 2.21. The van der Waals surface area contributed by atoms with Crippen LogP contribution < -0.4 is 11.1 Å². The lowest BCUT2D eigenvalue weighted by Crippen LogP contribution is -2.11. The molecule has 0 aliphatic carbocycles. The van der Waals surface area contributed by atoms with E-state index in [1.807, 2.05) is 12.3 Å². The Morgan fingerprint density at radius 3 is 2.88 bits per heavy atom. The summed E-state index contributed by atoms with van der Waals surface area (Å²) in [5.41, 5.74) is 6.78. The Morgan fingerprint density at radius 2 is 2.24 bits per heavy atom. The molecule has 0 amide bonds. The van der Waals surface area contributed by atoms with Crippen LogP contribution in [-0.4, -0.2) is 15.0 Å². The molecule has 2 heterocycles. The summed E-state index contributed by atoms with van der Waals surface area (Å²) >= 11 is 1.62. The lowest BCUT2D eigenvalue weighted by atomic mass is 10.2. The third-order valence-corrected chi connectivity index (χ3v) is 3.47. The third-order valence-electron chi connectivity index (χ3n) is 2.51. The average molecular weight is 249 g/mol. The van der Waals surface area contributed by atoms with Gasteiger partial charge in [-0.25, -0.2) is 15.0 Å². The molecule has 1 atom stereocenters. The van der Waals surface area contributed by atoms with E-state index in [1.54, 1.807) is 17.5 Å². The summed E-state index contributed by atoms with van der Waals surface area (Å²) in [4.78, 5) is 12.5. The molecule has 0 saturated heterocycles. The van der Waals surface area contributed by atoms with Crippen LogP contribution >= 0.6 is 11.3 Å². The van der Waals surface area contributed by atoms with E-state index >= 15 is 0 Å². The summed E-state index contributed by atoms with van der Waals surface area (Å²) in [7, 11) is 0. The topological polar surface area (TPSA) is 76.7 Å². The summed E-state index contributed by atoms with van der Waals surface area (Å²) in [6, 6.07) is 0.120. The quantitative estimate of drug-likeness (QED) is 0.869. The highest BCUT2D eigenvalue weighted by atomic mass is 32.1. The van der Waals surface area contributed by atoms with E-state index in [1.165, 1.54) is 6.33 Å². The molecule has 6 heteroatoms. The fourth-order valence-corrected chi connectivity index (χ4v) is 2.26. The molecule has 5 nitrogen and oxygen atoms in total. The van der Waals surface area contributed by atoms with Crippen LogP contribution in [0.2, 0.25) is 0 Å². The first kappa shape index (κ1) is 11.8. The summed E-state index contributed by atoms with van der Waals surface area (Å²) in [5.74, 6) is 1.33. The SMILES string of the molecule is CCc1c(N)ncnc1NC(C)c1nccs1. The van der Waals surface area contributed by atoms with Crippen molar-refractivity contribution in [3.8, 4) is 0 Å². The number of nitrogens with two attached hydrogens (primary N) is 1. The largest absolute Gasteiger partial charge is 0.383 e. The van der Waals surface area contributed by atoms with E-state index in [0.29, 0.717) is 5.82 Å². The lowest BCUT2D eigenvalue weighted by molar-refractivity contribution is 0.851. The number of hydrogen-bond donors (Lipinski definition) is 2. The number of thiazole rings is 1. The van der Waals surface area contributed by atoms with E-state index in [9.17, 15) is 0 Å². The van der Waals surface area contributed by atoms with Crippen LogP contribution in [0.15, 0.2) is 17.9 Å². The molecule has 0 bridgehead atoms. The minimum absolute atomic E-state index is 0.120. The van der Waals surface area contributed by atoms with Crippen LogP contribution in [-0.2, 0) is 6.42 Å². The number of aromatic nitrogens is 3. The smallest absolute Gasteiger partial charge is 0.135 e. The predicted octanol–water partition coefficient (Wildman–Crippen LogP) is 2.25. The maximum absolute atomic E-state index is 5.82. The van der Waals surface area contributed by atoms with Crippen molar-refractivity contribution in [3.63, 3.8) is 0 Å². The zero-order valence-corrected chi connectivity index (χ0v) is 10.7. The maximum Gasteiger partial charge on any atom is 0.135 e. The maximum atomic E-state index is 5.82. The number of anilines is 2. The number of hydrogen-bond acceptors (Lipinski definition) is 6. The first-order valence-corrected chi connectivity index (χ1v) is 6.35. The second kappa shape index (κ2) is 5.09. The molecule has 0 saturated carbocycles. The van der Waals surface area contributed by atoms with E-state index in [-0.39, 0.29) is 6.04 Å². The van der Waals surface area contributed by atoms with Gasteiger partial charge in [0.15, 0.2) is 0 Å². The summed E-state index contributed by atoms with van der Waals surface area (Å²) in [6.07, 6.45) is 4.08. The van der Waals surface area contributed by atoms with Crippen molar-refractivity contribution in [2.45, 2.75) is 26.3 Å². The van der Waals surface area contributed by atoms with Crippen LogP contribution in [0, 0.1) is 0 Å². The van der Waals surface area contributed by atoms with Gasteiger partial charge in [0.25, 0.3) is 0 Å². The number of nitrogens with zero attached hydrogens (tertiary/aromatic N) is 3. The van der Waals surface area contributed by atoms with Crippen LogP contribution in [0.4, 0.5) is 11.6 Å². The van der Waals surface area contributed by atoms with Gasteiger partial charge < -0.3 is 11.1 Å². The van der Waals surface area contributed by atoms with Crippen molar-refractivity contribution < 1.29 is 0 Å². The first-order valence-electron chi connectivity index (χ1n) is 5.47. The van der Waals surface area contributed by atoms with Crippen molar-refractivity contribution in [1.29, 1.82) is 0 Å². The molecule has 1 unspecified atom stereocenters. The van der Waals surface area contributed by atoms with E-state index in [4.69, 9.17) is 5.73 Å². The van der Waals surface area contributed by atoms with E-state index in [2.05, 4.69) is 27.2 Å². The Hall–Kier alpha value is -1.69. The third kappa shape index (κ3) is 2.52. The number of nitrogens with one attached hydrogen (secondary N) is 1. The molecule has 0 aliphatic heterocycles. The van der Waals surface area contributed by atoms with Gasteiger partial charge in [0.1, 0.15) is 23.0 Å². The lowest BCUT2D eigenvalue weighted by Gasteiger charge is -2.15. The zero-order valence-electron chi connectivity index (χ0n) is 9.84. The van der Waals surface area contributed by atoms with Gasteiger partial charge in [0.2, 0.25) is 0 Å². The number of nitrogen functional groups attached to an aromatic ring is 1. The molecule has 2 aromatic rings. The molecule has 90 valence electrons. The number of rotatable bonds is 4. The highest BCUT2D eigenvalue weighted by Crippen LogP contribution is 2.24. The molecular formula is C11H15N5S. The fourth-order valence-electron chi connectivity index (χ4n) is 1.61. The summed E-state index contributed by atoms with van der Waals surface area (Å²) in [5, 5.41) is 6.31. The highest BCUT2D eigenvalue weighted by molar-refractivity contribution is 7.09. The van der Waals surface area contributed by atoms with Gasteiger partial charge in [0, 0.05) is 17.1 Å². The van der Waals surface area contributed by atoms with Crippen molar-refractivity contribution in [2.24, 2.45) is 0 Å². The molecule has 0 aliphatic rings. The molecule has 0 fully saturated rings. The average Bonchev–Trinajstić information content (AvgIpc) is 2.82. The van der Waals surface area contributed by atoms with E-state index in [0.717, 1.165) is 22.8 Å². The van der Waals surface area contributed by atoms with Crippen LogP contribution in [0.3, 0.4) is 0 Å². The Bertz CT molecular complexity index is 483. The second-order valence-corrected chi connectivity index (χ2v) is 4.60. The van der Waals surface area contributed by atoms with Gasteiger partial charge in [0.05, 0.1) is 6.04 Å². The van der Waals surface area contributed by atoms with Gasteiger partial charge in [-0.1, -0.05) is 6.92 Å².